The number of aryl methyl sites for hydroxylation is 1. The number of piperidine rings is 1. The largest absolute Gasteiger partial charge is 0.508 e. The molecule has 2 aromatic rings. The maximum Gasteiger partial charge on any atom is 0.241 e. The second-order valence-electron chi connectivity index (χ2n) is 7.47. The van der Waals surface area contributed by atoms with Crippen molar-refractivity contribution in [2.75, 3.05) is 19.6 Å². The van der Waals surface area contributed by atoms with Crippen LogP contribution in [-0.2, 0) is 22.4 Å². The van der Waals surface area contributed by atoms with Gasteiger partial charge in [-0.05, 0) is 54.9 Å². The van der Waals surface area contributed by atoms with E-state index in [2.05, 4.69) is 5.32 Å². The third-order valence-corrected chi connectivity index (χ3v) is 5.39. The van der Waals surface area contributed by atoms with E-state index in [1.165, 1.54) is 5.56 Å². The fraction of sp³-hybridized carbons (Fsp3) is 0.391. The molecule has 1 fully saturated rings. The molecule has 28 heavy (non-hydrogen) atoms. The van der Waals surface area contributed by atoms with Gasteiger partial charge < -0.3 is 15.3 Å². The molecule has 2 aromatic carbocycles. The summed E-state index contributed by atoms with van der Waals surface area (Å²) in [5.41, 5.74) is 2.18. The van der Waals surface area contributed by atoms with Crippen molar-refractivity contribution >= 4 is 11.8 Å². The van der Waals surface area contributed by atoms with Gasteiger partial charge in [-0.3, -0.25) is 9.59 Å². The summed E-state index contributed by atoms with van der Waals surface area (Å²) < 4.78 is 0. The minimum absolute atomic E-state index is 0.00148. The van der Waals surface area contributed by atoms with Crippen LogP contribution in [0.4, 0.5) is 0 Å². The van der Waals surface area contributed by atoms with Crippen molar-refractivity contribution in [2.45, 2.75) is 32.1 Å². The van der Waals surface area contributed by atoms with Crippen LogP contribution in [0.2, 0.25) is 0 Å². The molecule has 1 heterocycles. The summed E-state index contributed by atoms with van der Waals surface area (Å²) >= 11 is 0. The second-order valence-corrected chi connectivity index (χ2v) is 7.47. The molecular weight excluding hydrogens is 352 g/mol. The van der Waals surface area contributed by atoms with Gasteiger partial charge in [0.1, 0.15) is 5.75 Å². The summed E-state index contributed by atoms with van der Waals surface area (Å²) in [5.74, 6) is 0.790. The predicted molar refractivity (Wildman–Crippen MR) is 109 cm³/mol. The molecular formula is C23H28N2O3. The summed E-state index contributed by atoms with van der Waals surface area (Å²) in [7, 11) is 0. The minimum Gasteiger partial charge on any atom is -0.508 e. The van der Waals surface area contributed by atoms with Gasteiger partial charge in [0, 0.05) is 13.1 Å². The van der Waals surface area contributed by atoms with Gasteiger partial charge in [0.15, 0.2) is 0 Å². The summed E-state index contributed by atoms with van der Waals surface area (Å²) in [4.78, 5) is 26.2. The summed E-state index contributed by atoms with van der Waals surface area (Å²) in [5, 5.41) is 12.1. The lowest BCUT2D eigenvalue weighted by atomic mass is 9.90. The number of phenols is 1. The lowest BCUT2D eigenvalue weighted by Gasteiger charge is -2.32. The van der Waals surface area contributed by atoms with Crippen molar-refractivity contribution < 1.29 is 14.7 Å². The first-order valence-corrected chi connectivity index (χ1v) is 9.96. The molecule has 0 saturated carbocycles. The first-order chi connectivity index (χ1) is 13.6. The molecule has 0 aliphatic carbocycles. The molecule has 1 aliphatic heterocycles. The number of nitrogens with zero attached hydrogens (tertiary/aromatic N) is 1. The zero-order chi connectivity index (χ0) is 19.8. The molecule has 1 saturated heterocycles. The molecule has 0 aromatic heterocycles. The molecule has 5 nitrogen and oxygen atoms in total. The van der Waals surface area contributed by atoms with Crippen LogP contribution in [-0.4, -0.2) is 41.5 Å². The molecule has 2 amide bonds. The Morgan fingerprint density at radius 3 is 2.32 bits per heavy atom. The highest BCUT2D eigenvalue weighted by molar-refractivity contribution is 5.85. The van der Waals surface area contributed by atoms with Gasteiger partial charge >= 0.3 is 0 Å². The number of amides is 2. The number of aromatic hydroxyl groups is 1. The van der Waals surface area contributed by atoms with E-state index in [-0.39, 0.29) is 18.4 Å². The van der Waals surface area contributed by atoms with Crippen molar-refractivity contribution in [3.05, 3.63) is 65.7 Å². The lowest BCUT2D eigenvalue weighted by Crippen LogP contribution is -2.44. The Bertz CT molecular complexity index is 766. The normalized spacial score (nSPS) is 14.6. The van der Waals surface area contributed by atoms with E-state index in [4.69, 9.17) is 0 Å². The fourth-order valence-corrected chi connectivity index (χ4v) is 3.63. The monoisotopic (exact) mass is 380 g/mol. The molecule has 2 N–H and O–H groups in total. The number of hydrogen-bond acceptors (Lipinski definition) is 3. The predicted octanol–water partition coefficient (Wildman–Crippen LogP) is 2.92. The van der Waals surface area contributed by atoms with E-state index < -0.39 is 0 Å². The van der Waals surface area contributed by atoms with Crippen molar-refractivity contribution in [1.82, 2.24) is 10.2 Å². The lowest BCUT2D eigenvalue weighted by molar-refractivity contribution is -0.133. The van der Waals surface area contributed by atoms with Crippen molar-refractivity contribution in [1.29, 1.82) is 0 Å². The molecule has 0 atom stereocenters. The highest BCUT2D eigenvalue weighted by Gasteiger charge is 2.22. The first kappa shape index (κ1) is 19.9. The smallest absolute Gasteiger partial charge is 0.241 e. The Kier molecular flexibility index (Phi) is 7.06. The van der Waals surface area contributed by atoms with Crippen LogP contribution < -0.4 is 5.32 Å². The highest BCUT2D eigenvalue weighted by Crippen LogP contribution is 2.23. The average molecular weight is 380 g/mol. The first-order valence-electron chi connectivity index (χ1n) is 9.96. The van der Waals surface area contributed by atoms with Gasteiger partial charge in [0.25, 0.3) is 0 Å². The Balaban J connectivity index is 1.34. The number of phenolic OH excluding ortho intramolecular Hbond substituents is 1. The van der Waals surface area contributed by atoms with Crippen molar-refractivity contribution in [3.63, 3.8) is 0 Å². The van der Waals surface area contributed by atoms with E-state index in [1.807, 2.05) is 47.4 Å². The second kappa shape index (κ2) is 9.93. The molecule has 0 radical (unpaired) electrons. The number of carbonyl (C=O) groups excluding carboxylic acids is 2. The van der Waals surface area contributed by atoms with Gasteiger partial charge in [-0.25, -0.2) is 0 Å². The summed E-state index contributed by atoms with van der Waals surface area (Å²) in [6, 6.07) is 16.9. The molecule has 0 spiro atoms. The third-order valence-electron chi connectivity index (χ3n) is 5.39. The SMILES string of the molecule is O=C(Cc1ccccc1)NCC(=O)N1CCC(CCc2ccc(O)cc2)CC1. The van der Waals surface area contributed by atoms with E-state index in [0.717, 1.165) is 44.3 Å². The number of likely N-dealkylation sites (tertiary alicyclic amines) is 1. The van der Waals surface area contributed by atoms with Crippen LogP contribution >= 0.6 is 0 Å². The van der Waals surface area contributed by atoms with Crippen LogP contribution in [0.5, 0.6) is 5.75 Å². The van der Waals surface area contributed by atoms with Crippen LogP contribution in [0.3, 0.4) is 0 Å². The van der Waals surface area contributed by atoms with Crippen LogP contribution in [0, 0.1) is 5.92 Å². The van der Waals surface area contributed by atoms with Gasteiger partial charge in [-0.2, -0.15) is 0 Å². The van der Waals surface area contributed by atoms with Crippen LogP contribution in [0.15, 0.2) is 54.6 Å². The number of benzene rings is 2. The topological polar surface area (TPSA) is 69.6 Å². The number of nitrogens with one attached hydrogen (secondary N) is 1. The average Bonchev–Trinajstić information content (AvgIpc) is 2.73. The van der Waals surface area contributed by atoms with Crippen molar-refractivity contribution in [3.8, 4) is 5.75 Å². The fourth-order valence-electron chi connectivity index (χ4n) is 3.63. The molecule has 0 bridgehead atoms. The van der Waals surface area contributed by atoms with E-state index in [0.29, 0.717) is 18.1 Å². The van der Waals surface area contributed by atoms with Gasteiger partial charge in [-0.15, -0.1) is 0 Å². The zero-order valence-corrected chi connectivity index (χ0v) is 16.1. The van der Waals surface area contributed by atoms with Gasteiger partial charge in [0.05, 0.1) is 13.0 Å². The van der Waals surface area contributed by atoms with Gasteiger partial charge in [-0.1, -0.05) is 42.5 Å². The van der Waals surface area contributed by atoms with Crippen LogP contribution in [0.1, 0.15) is 30.4 Å². The summed E-state index contributed by atoms with van der Waals surface area (Å²) in [6.07, 6.45) is 4.39. The highest BCUT2D eigenvalue weighted by atomic mass is 16.3. The van der Waals surface area contributed by atoms with E-state index in [9.17, 15) is 14.7 Å². The molecule has 5 heteroatoms. The molecule has 0 unspecified atom stereocenters. The Morgan fingerprint density at radius 2 is 1.64 bits per heavy atom. The Hall–Kier alpha value is -2.82. The van der Waals surface area contributed by atoms with Crippen LogP contribution in [0.25, 0.3) is 0 Å². The summed E-state index contributed by atoms with van der Waals surface area (Å²) in [6.45, 7) is 1.59. The quantitative estimate of drug-likeness (QED) is 0.776. The minimum atomic E-state index is -0.122. The number of carbonyl (C=O) groups is 2. The third kappa shape index (κ3) is 6.12. The number of hydrogen-bond donors (Lipinski definition) is 2. The van der Waals surface area contributed by atoms with Gasteiger partial charge in [0.2, 0.25) is 11.8 Å². The standard InChI is InChI=1S/C23H28N2O3/c26-21-10-8-18(9-11-21)6-7-19-12-14-25(15-13-19)23(28)17-24-22(27)16-20-4-2-1-3-5-20/h1-5,8-11,19,26H,6-7,12-17H2,(H,24,27). The number of rotatable bonds is 7. The van der Waals surface area contributed by atoms with Crippen molar-refractivity contribution in [2.24, 2.45) is 5.92 Å². The zero-order valence-electron chi connectivity index (χ0n) is 16.1. The molecule has 3 rings (SSSR count). The Labute approximate surface area is 166 Å². The maximum atomic E-state index is 12.4. The molecule has 1 aliphatic rings. The molecule has 148 valence electrons. The maximum absolute atomic E-state index is 12.4. The van der Waals surface area contributed by atoms with E-state index >= 15 is 0 Å². The van der Waals surface area contributed by atoms with E-state index in [1.54, 1.807) is 12.1 Å². The Morgan fingerprint density at radius 1 is 0.964 bits per heavy atom.